The predicted molar refractivity (Wildman–Crippen MR) is 458 cm³/mol. The normalized spacial score (nSPS) is 36.7. The number of hydrogen-bond acceptors (Lipinski definition) is 30. The number of fused-ring (bicyclic) bond motifs is 2. The number of non-ortho nitro benzene ring substituents is 1. The summed E-state index contributed by atoms with van der Waals surface area (Å²) in [4.78, 5) is 117. The highest BCUT2D eigenvalue weighted by Gasteiger charge is 2.86. The quantitative estimate of drug-likeness (QED) is 0.00812. The van der Waals surface area contributed by atoms with E-state index in [2.05, 4.69) is 13.8 Å². The van der Waals surface area contributed by atoms with Crippen molar-refractivity contribution in [1.29, 1.82) is 0 Å². The standard InChI is InChI=1S/C49H78O14.C30H44O9.C17H23NO7/c1-9-10-11-12-13-14-15-16-17-18-19-20-21-22-38-57-26-33(60-38)27-58-45(54)63-42-35(50)23-31(6)34-24-36-47-28-59-49(56,44(47)46(34,42)8)41(52)32(7)39(47)40(43(53)61-36)62-37(51)25-48(55,29(2)3)30(4)5;1-13(2)29(36,14(3)4)11-17(31)9-18-22-16(6)23(33)30(37)26-27(7)19(15(5)8-20(32)24(27)34)10-21(39-25(18)35)28(22,26)12-38-30;1-2-3-4-5-6-16-22-11-15(24-16)12-23-17(19)25-14-9-7-13(8-10-14)18(20)21/h23,29-30,32-34,36,38-42,44,52,55-56H,9-22,24-28H2,1-8H3;8,13-14,16,18-19,21-24,26,33-34,36-37H,9-12H2,1-7H3;7-10,15-16H,2-6,11-12H2,1H3/t32-,33?,34+,36-,38?,39?,40?,41-,42-,44?,46-,47+,49-;16-,18?,19+,21-,22?,23-,24-,26?,27-,28+,30+;/m11./s1. The summed E-state index contributed by atoms with van der Waals surface area (Å²) < 4.78 is 74.9. The summed E-state index contributed by atoms with van der Waals surface area (Å²) in [6.45, 7) is 29.8. The number of nitro groups is 1. The Morgan fingerprint density at radius 2 is 0.992 bits per heavy atom. The summed E-state index contributed by atoms with van der Waals surface area (Å²) in [5.74, 6) is -15.5. The van der Waals surface area contributed by atoms with Crippen molar-refractivity contribution in [3.8, 4) is 5.75 Å². The fourth-order valence-corrected chi connectivity index (χ4v) is 24.9. The van der Waals surface area contributed by atoms with Gasteiger partial charge in [0.1, 0.15) is 67.5 Å². The number of Topliss-reactive ketones (excluding diaryl/α,β-unsaturated/α-hetero) is 1. The predicted octanol–water partition coefficient (Wildman–Crippen LogP) is 13.1. The van der Waals surface area contributed by atoms with Gasteiger partial charge in [0.15, 0.2) is 41.8 Å². The molecule has 6 heterocycles. The lowest BCUT2D eigenvalue weighted by Crippen LogP contribution is -2.78. The Morgan fingerprint density at radius 3 is 1.48 bits per heavy atom. The molecule has 10 fully saturated rings. The summed E-state index contributed by atoms with van der Waals surface area (Å²) in [5.41, 5.74) is -6.26. The van der Waals surface area contributed by atoms with E-state index in [4.69, 9.17) is 61.6 Å². The van der Waals surface area contributed by atoms with Crippen LogP contribution in [0.3, 0.4) is 0 Å². The van der Waals surface area contributed by atoms with Crippen LogP contribution >= 0.6 is 0 Å². The molecule has 127 heavy (non-hydrogen) atoms. The Labute approximate surface area is 747 Å². The largest absolute Gasteiger partial charge is 0.513 e. The first-order valence-corrected chi connectivity index (χ1v) is 47.2. The van der Waals surface area contributed by atoms with E-state index in [1.807, 2.05) is 27.7 Å². The molecule has 7 N–H and O–H groups in total. The van der Waals surface area contributed by atoms with Crippen molar-refractivity contribution in [2.24, 2.45) is 98.6 Å². The molecule has 6 saturated heterocycles. The van der Waals surface area contributed by atoms with Crippen LogP contribution in [0.1, 0.15) is 265 Å². The van der Waals surface area contributed by atoms with E-state index in [0.29, 0.717) is 18.6 Å². The molecular formula is C96H145NO30. The molecule has 31 heteroatoms. The van der Waals surface area contributed by atoms with E-state index in [9.17, 15) is 84.2 Å². The van der Waals surface area contributed by atoms with Crippen molar-refractivity contribution >= 4 is 53.3 Å². The van der Waals surface area contributed by atoms with Gasteiger partial charge in [-0.15, -0.1) is 0 Å². The fourth-order valence-electron chi connectivity index (χ4n) is 24.9. The zero-order chi connectivity index (χ0) is 93.0. The van der Waals surface area contributed by atoms with Gasteiger partial charge in [-0.1, -0.05) is 204 Å². The van der Waals surface area contributed by atoms with E-state index < -0.39 is 194 Å². The number of carbonyl (C=O) groups excluding carboxylic acids is 8. The number of nitro benzene ring substituents is 1. The van der Waals surface area contributed by atoms with Crippen molar-refractivity contribution in [3.05, 3.63) is 57.7 Å². The molecule has 0 aromatic heterocycles. The Hall–Kier alpha value is -6.46. The summed E-state index contributed by atoms with van der Waals surface area (Å²) >= 11 is 0. The highest BCUT2D eigenvalue weighted by molar-refractivity contribution is 5.98. The van der Waals surface area contributed by atoms with Crippen molar-refractivity contribution < 1.29 is 141 Å². The second-order valence-electron chi connectivity index (χ2n) is 40.6. The summed E-state index contributed by atoms with van der Waals surface area (Å²) in [6.07, 6.45) is 12.9. The highest BCUT2D eigenvalue weighted by Crippen LogP contribution is 2.76. The van der Waals surface area contributed by atoms with Gasteiger partial charge in [-0.2, -0.15) is 0 Å². The van der Waals surface area contributed by atoms with Crippen LogP contribution in [0.5, 0.6) is 5.75 Å². The zero-order valence-electron chi connectivity index (χ0n) is 77.5. The number of rotatable bonds is 37. The molecule has 12 aliphatic rings. The molecule has 4 bridgehead atoms. The van der Waals surface area contributed by atoms with Crippen LogP contribution in [-0.2, 0) is 85.6 Å². The van der Waals surface area contributed by atoms with Crippen molar-refractivity contribution in [3.63, 3.8) is 0 Å². The number of ether oxygens (including phenoxy) is 13. The SMILES string of the molecule is CC1=CC(=O)[C@@H](O)[C@]2(C)C3[C@]45CO[C@@]3(O)[C@H](O)[C@H](C)C4C(CC(=O)CC(O)(C(C)C)C(C)C)C(=O)O[C@@H]5C[C@@H]12.CCCCCCC1OCC(COC(=O)Oc2ccc([N+](=O)[O-])cc2)O1.CCCCCCCCCCCCCCCC1OCC(COC(=O)O[C@@H]2C(=O)C=C(C)[C@@H]3C[C@H]4OC(=O)C(OC(=O)CC(O)(C(C)C)C(C)C)C5[C@@H](C)[C@@H](O)[C@@]6(O)OC[C@@]54C6[C@@]23C)O1. The highest BCUT2D eigenvalue weighted by atomic mass is 16.8. The van der Waals surface area contributed by atoms with Crippen LogP contribution in [0, 0.1) is 109 Å². The molecule has 1 aromatic rings. The van der Waals surface area contributed by atoms with Gasteiger partial charge in [-0.25, -0.2) is 14.4 Å². The third-order valence-electron chi connectivity index (χ3n) is 31.7. The first kappa shape index (κ1) is 101. The Balaban J connectivity index is 0.000000206. The Morgan fingerprint density at radius 1 is 0.567 bits per heavy atom. The average molecular weight is 1790 g/mol. The third-order valence-corrected chi connectivity index (χ3v) is 31.7. The van der Waals surface area contributed by atoms with Gasteiger partial charge in [-0.3, -0.25) is 34.1 Å². The van der Waals surface area contributed by atoms with E-state index in [1.165, 1.54) is 120 Å². The molecule has 714 valence electrons. The molecule has 0 radical (unpaired) electrons. The molecule has 13 rings (SSSR count). The van der Waals surface area contributed by atoms with Gasteiger partial charge in [0, 0.05) is 64.4 Å². The minimum atomic E-state index is -2.25. The molecular weight excluding hydrogens is 1650 g/mol. The molecule has 2 spiro atoms. The average Bonchev–Trinajstić information content (AvgIpc) is 1.53. The van der Waals surface area contributed by atoms with E-state index in [0.717, 1.165) is 44.1 Å². The molecule has 6 aliphatic heterocycles. The van der Waals surface area contributed by atoms with E-state index in [1.54, 1.807) is 69.2 Å². The number of hydrogen-bond donors (Lipinski definition) is 7. The molecule has 26 atom stereocenters. The second kappa shape index (κ2) is 41.4. The van der Waals surface area contributed by atoms with Crippen LogP contribution in [0.2, 0.25) is 0 Å². The van der Waals surface area contributed by atoms with E-state index in [-0.39, 0.29) is 118 Å². The smallest absolute Gasteiger partial charge is 0.461 e. The van der Waals surface area contributed by atoms with Gasteiger partial charge in [0.25, 0.3) is 5.69 Å². The number of aliphatic hydroxyl groups excluding tert-OH is 3. The first-order valence-electron chi connectivity index (χ1n) is 47.2. The molecule has 6 aliphatic carbocycles. The van der Waals surface area contributed by atoms with Crippen LogP contribution in [0.25, 0.3) is 0 Å². The maximum absolute atomic E-state index is 14.1. The third kappa shape index (κ3) is 19.8. The van der Waals surface area contributed by atoms with Crippen molar-refractivity contribution in [2.75, 3.05) is 39.6 Å². The van der Waals surface area contributed by atoms with Crippen LogP contribution in [-0.4, -0.2) is 218 Å². The lowest BCUT2D eigenvalue weighted by molar-refractivity contribution is -0.384. The number of carbonyl (C=O) groups is 8. The molecule has 31 nitrogen and oxygen atoms in total. The van der Waals surface area contributed by atoms with Gasteiger partial charge < -0.3 is 97.3 Å². The zero-order valence-corrected chi connectivity index (χ0v) is 77.5. The van der Waals surface area contributed by atoms with Gasteiger partial charge in [-0.05, 0) is 130 Å². The van der Waals surface area contributed by atoms with Crippen molar-refractivity contribution in [2.45, 2.75) is 355 Å². The molecule has 1 aromatic carbocycles. The number of ketones is 3. The molecule has 0 amide bonds. The maximum Gasteiger partial charge on any atom is 0.513 e. The lowest BCUT2D eigenvalue weighted by Gasteiger charge is -2.68. The Kier molecular flexibility index (Phi) is 32.9. The maximum atomic E-state index is 14.1. The van der Waals surface area contributed by atoms with Crippen LogP contribution in [0.4, 0.5) is 15.3 Å². The van der Waals surface area contributed by atoms with Gasteiger partial charge in [0.05, 0.1) is 54.9 Å². The number of unbranched alkanes of at least 4 members (excludes halogenated alkanes) is 15. The topological polar surface area (TPSA) is 441 Å². The fraction of sp³-hybridized carbons (Fsp3) is 0.812. The monoisotopic (exact) mass is 1790 g/mol. The molecule has 4 saturated carbocycles. The number of nitrogens with zero attached hydrogens (tertiary/aromatic N) is 1. The van der Waals surface area contributed by atoms with Crippen molar-refractivity contribution in [1.82, 2.24) is 0 Å². The number of aliphatic hydroxyl groups is 7. The lowest BCUT2D eigenvalue weighted by atomic mass is 9.37. The molecule has 10 unspecified atom stereocenters. The number of benzene rings is 1. The van der Waals surface area contributed by atoms with Gasteiger partial charge >= 0.3 is 30.2 Å². The van der Waals surface area contributed by atoms with Crippen LogP contribution in [0.15, 0.2) is 47.6 Å². The second-order valence-corrected chi connectivity index (χ2v) is 40.6. The number of allylic oxidation sites excluding steroid dienone is 2. The Bertz CT molecular complexity index is 4070. The summed E-state index contributed by atoms with van der Waals surface area (Å²) in [7, 11) is 0. The van der Waals surface area contributed by atoms with Gasteiger partial charge in [0.2, 0.25) is 6.10 Å². The summed E-state index contributed by atoms with van der Waals surface area (Å²) in [6, 6.07) is 5.17. The number of esters is 3. The minimum absolute atomic E-state index is 0.0310. The van der Waals surface area contributed by atoms with Crippen LogP contribution < -0.4 is 4.74 Å². The van der Waals surface area contributed by atoms with E-state index >= 15 is 0 Å². The summed E-state index contributed by atoms with van der Waals surface area (Å²) in [5, 5.41) is 92.6. The minimum Gasteiger partial charge on any atom is -0.461 e. The first-order chi connectivity index (χ1) is 59.9.